The normalized spacial score (nSPS) is 23.1. The van der Waals surface area contributed by atoms with Crippen molar-refractivity contribution in [1.29, 1.82) is 0 Å². The van der Waals surface area contributed by atoms with Gasteiger partial charge in [-0.15, -0.1) is 0 Å². The first-order valence-electron chi connectivity index (χ1n) is 5.44. The van der Waals surface area contributed by atoms with E-state index in [2.05, 4.69) is 15.9 Å². The van der Waals surface area contributed by atoms with E-state index >= 15 is 0 Å². The average Bonchev–Trinajstić information content (AvgIpc) is 2.69. The van der Waals surface area contributed by atoms with Gasteiger partial charge < -0.3 is 5.11 Å². The van der Waals surface area contributed by atoms with Crippen molar-refractivity contribution in [2.45, 2.75) is 16.6 Å². The summed E-state index contributed by atoms with van der Waals surface area (Å²) in [7, 11) is -4.61. The molecular formula is C11H11BrO5S2. The third-order valence-corrected chi connectivity index (χ3v) is 7.29. The van der Waals surface area contributed by atoms with Crippen molar-refractivity contribution in [3.05, 3.63) is 28.2 Å². The van der Waals surface area contributed by atoms with Gasteiger partial charge in [-0.25, -0.2) is 13.2 Å². The van der Waals surface area contributed by atoms with Gasteiger partial charge in [-0.2, -0.15) is 0 Å². The molecule has 0 saturated carbocycles. The zero-order valence-corrected chi connectivity index (χ0v) is 12.9. The highest BCUT2D eigenvalue weighted by Gasteiger charge is 2.33. The molecule has 1 aliphatic heterocycles. The summed E-state index contributed by atoms with van der Waals surface area (Å²) in [5.74, 6) is -1.17. The van der Waals surface area contributed by atoms with E-state index in [0.717, 1.165) is 0 Å². The number of carbonyl (C=O) groups is 1. The maximum absolute atomic E-state index is 12.3. The molecular weight excluding hydrogens is 356 g/mol. The highest BCUT2D eigenvalue weighted by molar-refractivity contribution is 9.10. The summed E-state index contributed by atoms with van der Waals surface area (Å²) in [6, 6.07) is 4.39. The fourth-order valence-electron chi connectivity index (χ4n) is 1.92. The highest BCUT2D eigenvalue weighted by Crippen LogP contribution is 2.25. The molecule has 0 spiro atoms. The van der Waals surface area contributed by atoms with Crippen molar-refractivity contribution in [1.82, 2.24) is 0 Å². The van der Waals surface area contributed by atoms with Gasteiger partial charge in [0.15, 0.2) is 9.84 Å². The summed E-state index contributed by atoms with van der Waals surface area (Å²) < 4.78 is 35.4. The molecule has 1 aromatic carbocycles. The number of carboxylic acids is 1. The van der Waals surface area contributed by atoms with Crippen LogP contribution in [0, 0.1) is 0 Å². The Hall–Kier alpha value is -0.730. The summed E-state index contributed by atoms with van der Waals surface area (Å²) in [6.07, 6.45) is 0.355. The lowest BCUT2D eigenvalue weighted by Gasteiger charge is -2.09. The molecule has 5 nitrogen and oxygen atoms in total. The van der Waals surface area contributed by atoms with Crippen LogP contribution in [0.5, 0.6) is 0 Å². The molecule has 0 aromatic heterocycles. The number of hydrogen-bond donors (Lipinski definition) is 1. The summed E-state index contributed by atoms with van der Waals surface area (Å²) >= 11 is 3.11. The molecule has 1 heterocycles. The van der Waals surface area contributed by atoms with E-state index in [0.29, 0.717) is 15.8 Å². The fraction of sp³-hybridized carbons (Fsp3) is 0.364. The Morgan fingerprint density at radius 1 is 1.42 bits per heavy atom. The van der Waals surface area contributed by atoms with Gasteiger partial charge in [0.05, 0.1) is 33.1 Å². The third-order valence-electron chi connectivity index (χ3n) is 2.89. The van der Waals surface area contributed by atoms with Crippen molar-refractivity contribution in [3.63, 3.8) is 0 Å². The largest absolute Gasteiger partial charge is 0.478 e. The van der Waals surface area contributed by atoms with Gasteiger partial charge in [0.1, 0.15) is 0 Å². The Morgan fingerprint density at radius 2 is 2.11 bits per heavy atom. The Bertz CT molecular complexity index is 653. The van der Waals surface area contributed by atoms with Gasteiger partial charge >= 0.3 is 5.97 Å². The lowest BCUT2D eigenvalue weighted by atomic mass is 10.2. The van der Waals surface area contributed by atoms with Gasteiger partial charge in [-0.1, -0.05) is 0 Å². The van der Waals surface area contributed by atoms with Crippen molar-refractivity contribution < 1.29 is 22.5 Å². The number of carboxylic acid groups (broad SMARTS) is 1. The van der Waals surface area contributed by atoms with E-state index in [4.69, 9.17) is 5.11 Å². The second-order valence-corrected chi connectivity index (χ2v) is 9.09. The molecule has 1 aliphatic rings. The van der Waals surface area contributed by atoms with E-state index in [1.807, 2.05) is 0 Å². The van der Waals surface area contributed by atoms with E-state index in [9.17, 15) is 17.4 Å². The number of aromatic carboxylic acids is 1. The SMILES string of the molecule is O=C(O)c1cc(S(=O)C2CCS(=O)(=O)C2)ccc1Br. The van der Waals surface area contributed by atoms with Crippen LogP contribution in [0.25, 0.3) is 0 Å². The maximum Gasteiger partial charge on any atom is 0.336 e. The molecule has 2 unspecified atom stereocenters. The number of rotatable bonds is 3. The van der Waals surface area contributed by atoms with E-state index < -0.39 is 31.9 Å². The van der Waals surface area contributed by atoms with Gasteiger partial charge in [0, 0.05) is 9.37 Å². The molecule has 0 amide bonds. The van der Waals surface area contributed by atoms with Crippen molar-refractivity contribution in [2.24, 2.45) is 0 Å². The molecule has 8 heteroatoms. The molecule has 1 fully saturated rings. The Morgan fingerprint density at radius 3 is 2.63 bits per heavy atom. The average molecular weight is 367 g/mol. The molecule has 104 valence electrons. The summed E-state index contributed by atoms with van der Waals surface area (Å²) in [4.78, 5) is 11.3. The van der Waals surface area contributed by atoms with Crippen LogP contribution in [0.1, 0.15) is 16.8 Å². The first-order valence-corrected chi connectivity index (χ1v) is 9.27. The molecule has 0 aliphatic carbocycles. The molecule has 2 atom stereocenters. The van der Waals surface area contributed by atoms with Gasteiger partial charge in [-0.05, 0) is 40.5 Å². The van der Waals surface area contributed by atoms with Crippen LogP contribution in [0.3, 0.4) is 0 Å². The minimum atomic E-state index is -3.10. The van der Waals surface area contributed by atoms with E-state index in [1.54, 1.807) is 6.07 Å². The summed E-state index contributed by atoms with van der Waals surface area (Å²) in [5.41, 5.74) is 0.0201. The molecule has 19 heavy (non-hydrogen) atoms. The molecule has 1 saturated heterocycles. The van der Waals surface area contributed by atoms with Crippen LogP contribution in [-0.4, -0.2) is 40.5 Å². The van der Waals surface area contributed by atoms with Crippen LogP contribution in [0.4, 0.5) is 0 Å². The minimum absolute atomic E-state index is 0.0201. The van der Waals surface area contributed by atoms with Crippen LogP contribution >= 0.6 is 15.9 Å². The smallest absolute Gasteiger partial charge is 0.336 e. The summed E-state index contributed by atoms with van der Waals surface area (Å²) in [6.45, 7) is 0. The van der Waals surface area contributed by atoms with Gasteiger partial charge in [0.2, 0.25) is 0 Å². The fourth-order valence-corrected chi connectivity index (χ4v) is 6.29. The van der Waals surface area contributed by atoms with Crippen molar-refractivity contribution in [2.75, 3.05) is 11.5 Å². The molecule has 0 bridgehead atoms. The number of halogens is 1. The molecule has 2 rings (SSSR count). The first kappa shape index (κ1) is 14.7. The monoisotopic (exact) mass is 366 g/mol. The molecule has 1 aromatic rings. The molecule has 0 radical (unpaired) electrons. The van der Waals surface area contributed by atoms with Crippen LogP contribution in [-0.2, 0) is 20.6 Å². The van der Waals surface area contributed by atoms with Crippen molar-refractivity contribution >= 4 is 42.5 Å². The lowest BCUT2D eigenvalue weighted by molar-refractivity contribution is 0.0695. The maximum atomic E-state index is 12.3. The minimum Gasteiger partial charge on any atom is -0.478 e. The zero-order chi connectivity index (χ0) is 14.2. The quantitative estimate of drug-likeness (QED) is 0.874. The van der Waals surface area contributed by atoms with Gasteiger partial charge in [0.25, 0.3) is 0 Å². The first-order chi connectivity index (χ1) is 8.80. The topological polar surface area (TPSA) is 88.5 Å². The standard InChI is InChI=1S/C11H11BrO5S2/c12-10-2-1-7(5-9(10)11(13)14)18(15)8-3-4-19(16,17)6-8/h1-2,5,8H,3-4,6H2,(H,13,14). The number of benzene rings is 1. The second-order valence-electron chi connectivity index (χ2n) is 4.27. The number of sulfone groups is 1. The van der Waals surface area contributed by atoms with Crippen molar-refractivity contribution in [3.8, 4) is 0 Å². The summed E-state index contributed by atoms with van der Waals surface area (Å²) in [5, 5.41) is 8.54. The lowest BCUT2D eigenvalue weighted by Crippen LogP contribution is -2.17. The zero-order valence-electron chi connectivity index (χ0n) is 9.71. The van der Waals surface area contributed by atoms with Gasteiger partial charge in [-0.3, -0.25) is 4.21 Å². The van der Waals surface area contributed by atoms with Crippen LogP contribution in [0.15, 0.2) is 27.6 Å². The van der Waals surface area contributed by atoms with Crippen LogP contribution in [0.2, 0.25) is 0 Å². The van der Waals surface area contributed by atoms with E-state index in [-0.39, 0.29) is 17.1 Å². The van der Waals surface area contributed by atoms with Crippen LogP contribution < -0.4 is 0 Å². The Labute approximate surface area is 121 Å². The number of hydrogen-bond acceptors (Lipinski definition) is 4. The molecule has 1 N–H and O–H groups in total. The predicted molar refractivity (Wildman–Crippen MR) is 74.6 cm³/mol. The third kappa shape index (κ3) is 3.24. The second kappa shape index (κ2) is 5.34. The highest BCUT2D eigenvalue weighted by atomic mass is 79.9. The Balaban J connectivity index is 2.30. The van der Waals surface area contributed by atoms with E-state index in [1.165, 1.54) is 12.1 Å². The Kier molecular flexibility index (Phi) is 4.12. The predicted octanol–water partition coefficient (Wildman–Crippen LogP) is 1.44.